The minimum absolute atomic E-state index is 0.0869. The minimum atomic E-state index is -0.981. The summed E-state index contributed by atoms with van der Waals surface area (Å²) in [7, 11) is 0. The number of nitriles is 1. The molecule has 0 unspecified atom stereocenters. The highest BCUT2D eigenvalue weighted by Crippen LogP contribution is 2.38. The van der Waals surface area contributed by atoms with Gasteiger partial charge in [0.25, 0.3) is 5.91 Å². The van der Waals surface area contributed by atoms with E-state index in [9.17, 15) is 14.3 Å². The molecule has 2 saturated heterocycles. The van der Waals surface area contributed by atoms with E-state index in [2.05, 4.69) is 5.32 Å². The van der Waals surface area contributed by atoms with Crippen LogP contribution < -0.4 is 5.32 Å². The Morgan fingerprint density at radius 2 is 1.81 bits per heavy atom. The Hall–Kier alpha value is -3.60. The van der Waals surface area contributed by atoms with Crippen molar-refractivity contribution >= 4 is 5.91 Å². The maximum Gasteiger partial charge on any atom is 0.253 e. The Morgan fingerprint density at radius 1 is 1.05 bits per heavy atom. The van der Waals surface area contributed by atoms with E-state index in [1.807, 2.05) is 11.0 Å². The van der Waals surface area contributed by atoms with Crippen molar-refractivity contribution in [1.82, 2.24) is 10.2 Å². The second-order valence-corrected chi connectivity index (χ2v) is 11.0. The number of hydrogen-bond donors (Lipinski definition) is 2. The van der Waals surface area contributed by atoms with Crippen molar-refractivity contribution in [3.05, 3.63) is 82.9 Å². The van der Waals surface area contributed by atoms with Gasteiger partial charge < -0.3 is 15.3 Å². The van der Waals surface area contributed by atoms with Crippen molar-refractivity contribution in [2.24, 2.45) is 5.41 Å². The minimum Gasteiger partial charge on any atom is -0.390 e. The first kappa shape index (κ1) is 25.1. The molecule has 2 aliphatic rings. The van der Waals surface area contributed by atoms with E-state index >= 15 is 4.39 Å². The van der Waals surface area contributed by atoms with Crippen LogP contribution in [0.5, 0.6) is 0 Å². The molecule has 37 heavy (non-hydrogen) atoms. The standard InChI is InChI=1S/C30H29F2N3O2/c1-29(2,37)14-19-3-7-24(27(32)11-19)23-8-6-21(28(36)35-10-9-30(18-35)16-34-17-30)12-25(23)20-4-5-22(15-33)26(31)13-20/h3-8,11-13,34,37H,9-10,14,16-18H2,1-2H3. The second-order valence-electron chi connectivity index (χ2n) is 11.0. The van der Waals surface area contributed by atoms with Gasteiger partial charge in [-0.2, -0.15) is 5.26 Å². The predicted octanol–water partition coefficient (Wildman–Crippen LogP) is 4.92. The van der Waals surface area contributed by atoms with Crippen LogP contribution in [0.1, 0.15) is 41.8 Å². The van der Waals surface area contributed by atoms with E-state index in [1.165, 1.54) is 18.2 Å². The zero-order valence-electron chi connectivity index (χ0n) is 20.9. The number of carbonyl (C=O) groups is 1. The first-order chi connectivity index (χ1) is 17.6. The lowest BCUT2D eigenvalue weighted by atomic mass is 9.81. The van der Waals surface area contributed by atoms with E-state index in [4.69, 9.17) is 5.26 Å². The van der Waals surface area contributed by atoms with Crippen LogP contribution in [0.15, 0.2) is 54.6 Å². The van der Waals surface area contributed by atoms with E-state index in [-0.39, 0.29) is 23.3 Å². The number of benzene rings is 3. The molecule has 2 N–H and O–H groups in total. The number of amides is 1. The van der Waals surface area contributed by atoms with Crippen molar-refractivity contribution in [3.63, 3.8) is 0 Å². The van der Waals surface area contributed by atoms with Crippen molar-refractivity contribution in [2.75, 3.05) is 26.2 Å². The summed E-state index contributed by atoms with van der Waals surface area (Å²) >= 11 is 0. The Kier molecular flexibility index (Phi) is 6.35. The fourth-order valence-corrected chi connectivity index (χ4v) is 5.37. The Labute approximate surface area is 215 Å². The predicted molar refractivity (Wildman–Crippen MR) is 138 cm³/mol. The number of halogens is 2. The molecule has 5 nitrogen and oxygen atoms in total. The van der Waals surface area contributed by atoms with Gasteiger partial charge in [-0.25, -0.2) is 8.78 Å². The molecule has 2 aliphatic heterocycles. The van der Waals surface area contributed by atoms with Gasteiger partial charge in [0.15, 0.2) is 0 Å². The van der Waals surface area contributed by atoms with Crippen LogP contribution in [0.2, 0.25) is 0 Å². The third kappa shape index (κ3) is 5.00. The van der Waals surface area contributed by atoms with Gasteiger partial charge in [-0.15, -0.1) is 0 Å². The van der Waals surface area contributed by atoms with Crippen LogP contribution in [0.25, 0.3) is 22.3 Å². The van der Waals surface area contributed by atoms with E-state index in [1.54, 1.807) is 50.2 Å². The van der Waals surface area contributed by atoms with E-state index in [0.29, 0.717) is 46.5 Å². The molecule has 0 saturated carbocycles. The largest absolute Gasteiger partial charge is 0.390 e. The topological polar surface area (TPSA) is 76.4 Å². The molecule has 3 aromatic carbocycles. The van der Waals surface area contributed by atoms with E-state index < -0.39 is 17.2 Å². The highest BCUT2D eigenvalue weighted by atomic mass is 19.1. The normalized spacial score (nSPS) is 16.5. The molecule has 0 aliphatic carbocycles. The van der Waals surface area contributed by atoms with Crippen LogP contribution in [0, 0.1) is 28.4 Å². The zero-order valence-corrected chi connectivity index (χ0v) is 20.9. The third-order valence-electron chi connectivity index (χ3n) is 7.35. The van der Waals surface area contributed by atoms with Gasteiger partial charge in [-0.05, 0) is 72.9 Å². The number of nitrogens with zero attached hydrogens (tertiary/aromatic N) is 2. The molecule has 2 heterocycles. The summed E-state index contributed by atoms with van der Waals surface area (Å²) in [6.07, 6.45) is 1.25. The summed E-state index contributed by atoms with van der Waals surface area (Å²) in [5, 5.41) is 22.6. The van der Waals surface area contributed by atoms with Gasteiger partial charge >= 0.3 is 0 Å². The smallest absolute Gasteiger partial charge is 0.253 e. The maximum absolute atomic E-state index is 15.4. The lowest BCUT2D eigenvalue weighted by molar-refractivity contribution is 0.0751. The summed E-state index contributed by atoms with van der Waals surface area (Å²) < 4.78 is 30.0. The average molecular weight is 502 g/mol. The van der Waals surface area contributed by atoms with Crippen molar-refractivity contribution in [1.29, 1.82) is 5.26 Å². The monoisotopic (exact) mass is 501 g/mol. The fourth-order valence-electron chi connectivity index (χ4n) is 5.37. The lowest BCUT2D eigenvalue weighted by Gasteiger charge is -2.39. The van der Waals surface area contributed by atoms with Crippen LogP contribution in [-0.4, -0.2) is 47.7 Å². The summed E-state index contributed by atoms with van der Waals surface area (Å²) in [5.74, 6) is -1.26. The van der Waals surface area contributed by atoms with Crippen LogP contribution >= 0.6 is 0 Å². The molecule has 1 amide bonds. The quantitative estimate of drug-likeness (QED) is 0.521. The highest BCUT2D eigenvalue weighted by Gasteiger charge is 2.44. The number of likely N-dealkylation sites (tertiary alicyclic amines) is 1. The number of rotatable bonds is 5. The zero-order chi connectivity index (χ0) is 26.4. The highest BCUT2D eigenvalue weighted by molar-refractivity contribution is 5.98. The molecule has 0 atom stereocenters. The molecular weight excluding hydrogens is 472 g/mol. The van der Waals surface area contributed by atoms with Crippen molar-refractivity contribution in [3.8, 4) is 28.3 Å². The summed E-state index contributed by atoms with van der Waals surface area (Å²) in [4.78, 5) is 15.3. The van der Waals surface area contributed by atoms with Gasteiger partial charge in [-0.3, -0.25) is 4.79 Å². The first-order valence-electron chi connectivity index (χ1n) is 12.4. The Bertz CT molecular complexity index is 1420. The molecule has 7 heteroatoms. The molecular formula is C30H29F2N3O2. The SMILES string of the molecule is CC(C)(O)Cc1ccc(-c2ccc(C(=O)N3CCC4(CNC4)C3)cc2-c2ccc(C#N)c(F)c2)c(F)c1. The second kappa shape index (κ2) is 9.37. The van der Waals surface area contributed by atoms with E-state index in [0.717, 1.165) is 19.5 Å². The summed E-state index contributed by atoms with van der Waals surface area (Å²) in [5.41, 5.74) is 1.95. The molecule has 190 valence electrons. The summed E-state index contributed by atoms with van der Waals surface area (Å²) in [6, 6.07) is 15.9. The van der Waals surface area contributed by atoms with Gasteiger partial charge in [0.2, 0.25) is 0 Å². The molecule has 3 aromatic rings. The lowest BCUT2D eigenvalue weighted by Crippen LogP contribution is -2.55. The fraction of sp³-hybridized carbons (Fsp3) is 0.333. The number of aliphatic hydroxyl groups is 1. The van der Waals surface area contributed by atoms with Crippen molar-refractivity contribution in [2.45, 2.75) is 32.3 Å². The van der Waals surface area contributed by atoms with Crippen LogP contribution in [0.4, 0.5) is 8.78 Å². The van der Waals surface area contributed by atoms with Gasteiger partial charge in [-0.1, -0.05) is 24.3 Å². The number of nitrogens with one attached hydrogen (secondary N) is 1. The molecule has 0 bridgehead atoms. The Balaban J connectivity index is 1.56. The maximum atomic E-state index is 15.4. The van der Waals surface area contributed by atoms with Gasteiger partial charge in [0.1, 0.15) is 17.7 Å². The Morgan fingerprint density at radius 3 is 2.41 bits per heavy atom. The average Bonchev–Trinajstić information content (AvgIpc) is 3.29. The number of hydrogen-bond acceptors (Lipinski definition) is 4. The van der Waals surface area contributed by atoms with Crippen LogP contribution in [0.3, 0.4) is 0 Å². The first-order valence-corrected chi connectivity index (χ1v) is 12.4. The third-order valence-corrected chi connectivity index (χ3v) is 7.35. The molecule has 5 rings (SSSR count). The van der Waals surface area contributed by atoms with Gasteiger partial charge in [0.05, 0.1) is 11.2 Å². The molecule has 2 fully saturated rings. The summed E-state index contributed by atoms with van der Waals surface area (Å²) in [6.45, 7) is 6.52. The van der Waals surface area contributed by atoms with Gasteiger partial charge in [0, 0.05) is 49.1 Å². The molecule has 0 radical (unpaired) electrons. The van der Waals surface area contributed by atoms with Crippen molar-refractivity contribution < 1.29 is 18.7 Å². The number of carbonyl (C=O) groups excluding carboxylic acids is 1. The molecule has 0 aromatic heterocycles. The van der Waals surface area contributed by atoms with Crippen LogP contribution in [-0.2, 0) is 6.42 Å². The molecule has 1 spiro atoms.